The van der Waals surface area contributed by atoms with Gasteiger partial charge in [-0.05, 0) is 38.5 Å². The number of aromatic nitrogens is 2. The Bertz CT molecular complexity index is 1010. The molecule has 6 heteroatoms. The second kappa shape index (κ2) is 9.06. The zero-order valence-corrected chi connectivity index (χ0v) is 17.3. The van der Waals surface area contributed by atoms with Crippen molar-refractivity contribution in [3.05, 3.63) is 70.5 Å². The van der Waals surface area contributed by atoms with Crippen molar-refractivity contribution >= 4 is 28.6 Å². The van der Waals surface area contributed by atoms with E-state index in [1.54, 1.807) is 10.6 Å². The molecule has 0 saturated heterocycles. The van der Waals surface area contributed by atoms with Crippen LogP contribution in [0.2, 0.25) is 0 Å². The monoisotopic (exact) mass is 395 g/mol. The van der Waals surface area contributed by atoms with E-state index in [4.69, 9.17) is 4.98 Å². The average molecular weight is 396 g/mol. The van der Waals surface area contributed by atoms with E-state index in [1.165, 1.54) is 11.8 Å². The molecule has 5 nitrogen and oxygen atoms in total. The smallest absolute Gasteiger partial charge is 0.262 e. The minimum Gasteiger partial charge on any atom is -0.342 e. The van der Waals surface area contributed by atoms with Crippen LogP contribution in [0.15, 0.2) is 64.5 Å². The molecule has 3 aromatic rings. The van der Waals surface area contributed by atoms with Gasteiger partial charge >= 0.3 is 0 Å². The number of carbonyl (C=O) groups excluding carboxylic acids is 1. The second-order valence-corrected chi connectivity index (χ2v) is 7.45. The predicted molar refractivity (Wildman–Crippen MR) is 115 cm³/mol. The van der Waals surface area contributed by atoms with Crippen LogP contribution in [-0.2, 0) is 11.3 Å². The molecule has 0 N–H and O–H groups in total. The molecular weight excluding hydrogens is 370 g/mol. The number of hydrogen-bond acceptors (Lipinski definition) is 4. The molecule has 2 aromatic carbocycles. The van der Waals surface area contributed by atoms with Crippen LogP contribution in [0.25, 0.3) is 10.9 Å². The molecule has 3 rings (SSSR count). The van der Waals surface area contributed by atoms with Gasteiger partial charge in [0.1, 0.15) is 5.25 Å². The number of amides is 1. The first-order chi connectivity index (χ1) is 13.6. The maximum Gasteiger partial charge on any atom is 0.262 e. The number of carbonyl (C=O) groups is 1. The van der Waals surface area contributed by atoms with Crippen molar-refractivity contribution < 1.29 is 4.79 Å². The molecule has 0 aliphatic rings. The fourth-order valence-corrected chi connectivity index (χ4v) is 4.46. The van der Waals surface area contributed by atoms with Gasteiger partial charge in [0.2, 0.25) is 5.91 Å². The van der Waals surface area contributed by atoms with Crippen LogP contribution < -0.4 is 5.56 Å². The zero-order chi connectivity index (χ0) is 20.1. The van der Waals surface area contributed by atoms with Crippen molar-refractivity contribution in [2.24, 2.45) is 0 Å². The third-order valence-corrected chi connectivity index (χ3v) is 6.00. The van der Waals surface area contributed by atoms with Crippen molar-refractivity contribution in [2.45, 2.75) is 37.7 Å². The normalized spacial score (nSPS) is 12.1. The standard InChI is InChI=1S/C22H25N3O2S/c1-4-24(5-2)21(27)19(16-12-8-7-9-13-16)28-22-23-18-15-11-10-14-17(18)20(26)25(22)6-3/h7-15,19H,4-6H2,1-3H3. The Hall–Kier alpha value is -2.60. The van der Waals surface area contributed by atoms with Gasteiger partial charge in [-0.25, -0.2) is 4.98 Å². The highest BCUT2D eigenvalue weighted by Crippen LogP contribution is 2.36. The number of rotatable bonds is 7. The van der Waals surface area contributed by atoms with Crippen LogP contribution in [0.4, 0.5) is 0 Å². The number of hydrogen-bond donors (Lipinski definition) is 0. The molecule has 0 spiro atoms. The van der Waals surface area contributed by atoms with Gasteiger partial charge in [0, 0.05) is 19.6 Å². The van der Waals surface area contributed by atoms with Gasteiger partial charge in [0.15, 0.2) is 5.16 Å². The van der Waals surface area contributed by atoms with Gasteiger partial charge in [-0.1, -0.05) is 54.2 Å². The summed E-state index contributed by atoms with van der Waals surface area (Å²) in [7, 11) is 0. The maximum atomic E-state index is 13.2. The average Bonchev–Trinajstić information content (AvgIpc) is 2.73. The quantitative estimate of drug-likeness (QED) is 0.446. The summed E-state index contributed by atoms with van der Waals surface area (Å²) in [5, 5.41) is 0.715. The number of fused-ring (bicyclic) bond motifs is 1. The molecule has 28 heavy (non-hydrogen) atoms. The molecule has 1 heterocycles. The molecule has 0 aliphatic heterocycles. The molecular formula is C22H25N3O2S. The van der Waals surface area contributed by atoms with Crippen molar-refractivity contribution in [2.75, 3.05) is 13.1 Å². The minimum absolute atomic E-state index is 0.0336. The molecule has 0 radical (unpaired) electrons. The summed E-state index contributed by atoms with van der Waals surface area (Å²) in [5.74, 6) is 0.0336. The molecule has 0 fully saturated rings. The van der Waals surface area contributed by atoms with Crippen molar-refractivity contribution in [3.8, 4) is 0 Å². The van der Waals surface area contributed by atoms with Crippen molar-refractivity contribution in [1.82, 2.24) is 14.5 Å². The van der Waals surface area contributed by atoms with Crippen LogP contribution in [-0.4, -0.2) is 33.4 Å². The van der Waals surface area contributed by atoms with E-state index >= 15 is 0 Å². The minimum atomic E-state index is -0.452. The summed E-state index contributed by atoms with van der Waals surface area (Å²) < 4.78 is 1.65. The lowest BCUT2D eigenvalue weighted by Gasteiger charge is -2.25. The fraction of sp³-hybridized carbons (Fsp3) is 0.318. The summed E-state index contributed by atoms with van der Waals surface area (Å²) in [6.45, 7) is 7.66. The number of likely N-dealkylation sites (N-methyl/N-ethyl adjacent to an activating group) is 1. The van der Waals surface area contributed by atoms with Crippen LogP contribution >= 0.6 is 11.8 Å². The first-order valence-electron chi connectivity index (χ1n) is 9.60. The summed E-state index contributed by atoms with van der Waals surface area (Å²) >= 11 is 1.35. The molecule has 146 valence electrons. The third-order valence-electron chi connectivity index (χ3n) is 4.77. The van der Waals surface area contributed by atoms with Gasteiger partial charge in [-0.15, -0.1) is 0 Å². The molecule has 0 bridgehead atoms. The Morgan fingerprint density at radius 1 is 1.04 bits per heavy atom. The molecule has 0 saturated carbocycles. The molecule has 1 amide bonds. The maximum absolute atomic E-state index is 13.2. The number of para-hydroxylation sites is 1. The molecule has 1 unspecified atom stereocenters. The summed E-state index contributed by atoms with van der Waals surface area (Å²) in [4.78, 5) is 32.7. The van der Waals surface area contributed by atoms with Crippen LogP contribution in [0.5, 0.6) is 0 Å². The SMILES string of the molecule is CCN(CC)C(=O)C(Sc1nc2ccccc2c(=O)n1CC)c1ccccc1. The van der Waals surface area contributed by atoms with Crippen LogP contribution in [0, 0.1) is 0 Å². The van der Waals surface area contributed by atoms with E-state index in [9.17, 15) is 9.59 Å². The topological polar surface area (TPSA) is 55.2 Å². The Morgan fingerprint density at radius 2 is 1.68 bits per heavy atom. The first-order valence-corrected chi connectivity index (χ1v) is 10.5. The van der Waals surface area contributed by atoms with E-state index in [0.29, 0.717) is 35.7 Å². The lowest BCUT2D eigenvalue weighted by atomic mass is 10.1. The largest absolute Gasteiger partial charge is 0.342 e. The highest BCUT2D eigenvalue weighted by Gasteiger charge is 2.27. The molecule has 1 aromatic heterocycles. The predicted octanol–water partition coefficient (Wildman–Crippen LogP) is 4.12. The number of thioether (sulfide) groups is 1. The van der Waals surface area contributed by atoms with Crippen molar-refractivity contribution in [3.63, 3.8) is 0 Å². The number of benzene rings is 2. The van der Waals surface area contributed by atoms with E-state index in [-0.39, 0.29) is 11.5 Å². The Kier molecular flexibility index (Phi) is 6.52. The van der Waals surface area contributed by atoms with E-state index in [0.717, 1.165) is 5.56 Å². The molecule has 0 aliphatic carbocycles. The Morgan fingerprint density at radius 3 is 2.32 bits per heavy atom. The van der Waals surface area contributed by atoms with E-state index in [1.807, 2.05) is 74.2 Å². The highest BCUT2D eigenvalue weighted by molar-refractivity contribution is 8.00. The second-order valence-electron chi connectivity index (χ2n) is 6.38. The Labute approximate surface area is 169 Å². The lowest BCUT2D eigenvalue weighted by Crippen LogP contribution is -2.34. The van der Waals surface area contributed by atoms with Gasteiger partial charge in [-0.2, -0.15) is 0 Å². The van der Waals surface area contributed by atoms with Crippen LogP contribution in [0.3, 0.4) is 0 Å². The number of nitrogens with zero attached hydrogens (tertiary/aromatic N) is 3. The Balaban J connectivity index is 2.10. The summed E-state index contributed by atoms with van der Waals surface area (Å²) in [6.07, 6.45) is 0. The summed E-state index contributed by atoms with van der Waals surface area (Å²) in [5.41, 5.74) is 1.49. The van der Waals surface area contributed by atoms with E-state index in [2.05, 4.69) is 0 Å². The van der Waals surface area contributed by atoms with Gasteiger partial charge in [0.25, 0.3) is 5.56 Å². The van der Waals surface area contributed by atoms with Crippen molar-refractivity contribution in [1.29, 1.82) is 0 Å². The van der Waals surface area contributed by atoms with Gasteiger partial charge in [-0.3, -0.25) is 14.2 Å². The van der Waals surface area contributed by atoms with Gasteiger partial charge in [0.05, 0.1) is 10.9 Å². The van der Waals surface area contributed by atoms with Crippen LogP contribution in [0.1, 0.15) is 31.6 Å². The fourth-order valence-electron chi connectivity index (χ4n) is 3.21. The first kappa shape index (κ1) is 20.1. The third kappa shape index (κ3) is 3.97. The lowest BCUT2D eigenvalue weighted by molar-refractivity contribution is -0.130. The zero-order valence-electron chi connectivity index (χ0n) is 16.5. The van der Waals surface area contributed by atoms with E-state index < -0.39 is 5.25 Å². The summed E-state index contributed by atoms with van der Waals surface area (Å²) in [6, 6.07) is 17.0. The molecule has 1 atom stereocenters. The highest BCUT2D eigenvalue weighted by atomic mass is 32.2. The van der Waals surface area contributed by atoms with Gasteiger partial charge < -0.3 is 4.90 Å².